The van der Waals surface area contributed by atoms with Gasteiger partial charge in [-0.05, 0) is 20.8 Å². The van der Waals surface area contributed by atoms with Crippen LogP contribution in [0.5, 0.6) is 0 Å². The van der Waals surface area contributed by atoms with E-state index in [2.05, 4.69) is 34.0 Å². The van der Waals surface area contributed by atoms with Crippen molar-refractivity contribution >= 4 is 35.1 Å². The van der Waals surface area contributed by atoms with E-state index in [1.54, 1.807) is 6.20 Å². The van der Waals surface area contributed by atoms with Gasteiger partial charge in [-0.2, -0.15) is 16.7 Å². The molecule has 1 aliphatic heterocycles. The number of anilines is 2. The lowest BCUT2D eigenvalue weighted by Gasteiger charge is -2.38. The fraction of sp³-hybridized carbons (Fsp3) is 0.667. The number of nitrogens with zero attached hydrogens (tertiary/aromatic N) is 3. The van der Waals surface area contributed by atoms with Crippen LogP contribution in [-0.4, -0.2) is 40.1 Å². The van der Waals surface area contributed by atoms with Crippen LogP contribution in [0.1, 0.15) is 20.8 Å². The number of rotatable bonds is 3. The molecule has 0 saturated carbocycles. The molecule has 18 heavy (non-hydrogen) atoms. The Morgan fingerprint density at radius 1 is 1.56 bits per heavy atom. The van der Waals surface area contributed by atoms with Gasteiger partial charge in [0.2, 0.25) is 5.95 Å². The fourth-order valence-electron chi connectivity index (χ4n) is 2.02. The molecular formula is C12H19ClN4S. The van der Waals surface area contributed by atoms with E-state index in [0.29, 0.717) is 11.0 Å². The summed E-state index contributed by atoms with van der Waals surface area (Å²) in [6, 6.07) is 0. The monoisotopic (exact) mass is 286 g/mol. The quantitative estimate of drug-likeness (QED) is 0.925. The number of nitrogens with one attached hydrogen (secondary N) is 1. The van der Waals surface area contributed by atoms with E-state index in [4.69, 9.17) is 11.6 Å². The molecule has 2 rings (SSSR count). The first kappa shape index (κ1) is 13.7. The topological polar surface area (TPSA) is 41.1 Å². The minimum Gasteiger partial charge on any atom is -0.354 e. The zero-order chi connectivity index (χ0) is 13.2. The first-order chi connectivity index (χ1) is 8.52. The molecular weight excluding hydrogens is 268 g/mol. The molecule has 1 aliphatic rings. The molecule has 0 unspecified atom stereocenters. The maximum Gasteiger partial charge on any atom is 0.224 e. The van der Waals surface area contributed by atoms with Gasteiger partial charge in [-0.25, -0.2) is 4.98 Å². The van der Waals surface area contributed by atoms with Gasteiger partial charge in [0.15, 0.2) is 5.82 Å². The van der Waals surface area contributed by atoms with Crippen LogP contribution in [0.4, 0.5) is 11.8 Å². The standard InChI is InChI=1S/C12H19ClN4S/c1-4-14-11-15-7-9(13)10(16-11)17-5-6-18-12(2,3)8-17/h7H,4-6,8H2,1-3H3,(H,14,15,16). The van der Waals surface area contributed by atoms with Gasteiger partial charge in [0.05, 0.1) is 6.20 Å². The summed E-state index contributed by atoms with van der Waals surface area (Å²) in [5.74, 6) is 2.59. The molecule has 4 nitrogen and oxygen atoms in total. The highest BCUT2D eigenvalue weighted by Gasteiger charge is 2.29. The van der Waals surface area contributed by atoms with Gasteiger partial charge in [0, 0.05) is 30.1 Å². The van der Waals surface area contributed by atoms with Crippen molar-refractivity contribution in [1.82, 2.24) is 9.97 Å². The Morgan fingerprint density at radius 2 is 2.33 bits per heavy atom. The van der Waals surface area contributed by atoms with Crippen LogP contribution in [0.2, 0.25) is 5.02 Å². The summed E-state index contributed by atoms with van der Waals surface area (Å²) in [6.07, 6.45) is 1.68. The molecule has 1 fully saturated rings. The van der Waals surface area contributed by atoms with Gasteiger partial charge >= 0.3 is 0 Å². The van der Waals surface area contributed by atoms with E-state index < -0.39 is 0 Å². The maximum absolute atomic E-state index is 6.22. The molecule has 1 aromatic heterocycles. The highest BCUT2D eigenvalue weighted by atomic mass is 35.5. The Bertz CT molecular complexity index is 425. The van der Waals surface area contributed by atoms with Gasteiger partial charge in [0.25, 0.3) is 0 Å². The molecule has 0 radical (unpaired) electrons. The lowest BCUT2D eigenvalue weighted by molar-refractivity contribution is 0.642. The van der Waals surface area contributed by atoms with Gasteiger partial charge in [0.1, 0.15) is 5.02 Å². The van der Waals surface area contributed by atoms with Crippen LogP contribution in [0.25, 0.3) is 0 Å². The molecule has 100 valence electrons. The van der Waals surface area contributed by atoms with E-state index in [1.165, 1.54) is 0 Å². The number of thioether (sulfide) groups is 1. The van der Waals surface area contributed by atoms with E-state index in [1.807, 2.05) is 18.7 Å². The smallest absolute Gasteiger partial charge is 0.224 e. The predicted octanol–water partition coefficient (Wildman–Crippen LogP) is 2.89. The molecule has 1 N–H and O–H groups in total. The van der Waals surface area contributed by atoms with Gasteiger partial charge < -0.3 is 10.2 Å². The van der Waals surface area contributed by atoms with Crippen molar-refractivity contribution < 1.29 is 0 Å². The van der Waals surface area contributed by atoms with E-state index >= 15 is 0 Å². The fourth-order valence-corrected chi connectivity index (χ4v) is 3.34. The van der Waals surface area contributed by atoms with Gasteiger partial charge in [-0.15, -0.1) is 0 Å². The van der Waals surface area contributed by atoms with Crippen LogP contribution in [0, 0.1) is 0 Å². The van der Waals surface area contributed by atoms with Crippen LogP contribution in [0.15, 0.2) is 6.20 Å². The van der Waals surface area contributed by atoms with E-state index in [9.17, 15) is 0 Å². The number of hydrogen-bond acceptors (Lipinski definition) is 5. The van der Waals surface area contributed by atoms with Crippen LogP contribution < -0.4 is 10.2 Å². The summed E-state index contributed by atoms with van der Waals surface area (Å²) in [7, 11) is 0. The molecule has 1 aromatic rings. The Labute approximate surface area is 118 Å². The number of aromatic nitrogens is 2. The molecule has 0 aromatic carbocycles. The zero-order valence-corrected chi connectivity index (χ0v) is 12.6. The summed E-state index contributed by atoms with van der Waals surface area (Å²) < 4.78 is 0.241. The largest absolute Gasteiger partial charge is 0.354 e. The second kappa shape index (κ2) is 5.53. The molecule has 0 amide bonds. The molecule has 2 heterocycles. The van der Waals surface area contributed by atoms with E-state index in [0.717, 1.165) is 31.2 Å². The molecule has 6 heteroatoms. The molecule has 0 spiro atoms. The van der Waals surface area contributed by atoms with Crippen molar-refractivity contribution in [2.75, 3.05) is 35.6 Å². The predicted molar refractivity (Wildman–Crippen MR) is 80.0 cm³/mol. The van der Waals surface area contributed by atoms with Crippen molar-refractivity contribution in [2.24, 2.45) is 0 Å². The highest BCUT2D eigenvalue weighted by Crippen LogP contribution is 2.34. The van der Waals surface area contributed by atoms with E-state index in [-0.39, 0.29) is 4.75 Å². The normalized spacial score (nSPS) is 18.8. The van der Waals surface area contributed by atoms with Crippen molar-refractivity contribution in [3.63, 3.8) is 0 Å². The summed E-state index contributed by atoms with van der Waals surface area (Å²) in [5, 5.41) is 3.75. The zero-order valence-electron chi connectivity index (χ0n) is 11.0. The third-order valence-electron chi connectivity index (χ3n) is 2.79. The third-order valence-corrected chi connectivity index (χ3v) is 4.35. The minimum absolute atomic E-state index is 0.241. The number of hydrogen-bond donors (Lipinski definition) is 1. The number of halogens is 1. The second-order valence-electron chi connectivity index (χ2n) is 4.93. The van der Waals surface area contributed by atoms with Crippen molar-refractivity contribution in [1.29, 1.82) is 0 Å². The summed E-state index contributed by atoms with van der Waals surface area (Å²) in [4.78, 5) is 10.9. The van der Waals surface area contributed by atoms with Gasteiger partial charge in [-0.1, -0.05) is 11.6 Å². The average molecular weight is 287 g/mol. The SMILES string of the molecule is CCNc1ncc(Cl)c(N2CCSC(C)(C)C2)n1. The average Bonchev–Trinajstić information content (AvgIpc) is 2.30. The first-order valence-electron chi connectivity index (χ1n) is 6.17. The lowest BCUT2D eigenvalue weighted by Crippen LogP contribution is -2.43. The van der Waals surface area contributed by atoms with Crippen molar-refractivity contribution in [3.05, 3.63) is 11.2 Å². The molecule has 0 bridgehead atoms. The first-order valence-corrected chi connectivity index (χ1v) is 7.53. The Kier molecular flexibility index (Phi) is 4.22. The highest BCUT2D eigenvalue weighted by molar-refractivity contribution is 8.00. The maximum atomic E-state index is 6.22. The van der Waals surface area contributed by atoms with Crippen LogP contribution >= 0.6 is 23.4 Å². The van der Waals surface area contributed by atoms with Crippen molar-refractivity contribution in [3.8, 4) is 0 Å². The molecule has 0 aliphatic carbocycles. The second-order valence-corrected chi connectivity index (χ2v) is 7.13. The van der Waals surface area contributed by atoms with Gasteiger partial charge in [-0.3, -0.25) is 0 Å². The summed E-state index contributed by atoms with van der Waals surface area (Å²) >= 11 is 8.22. The Hall–Kier alpha value is -0.680. The van der Waals surface area contributed by atoms with Crippen LogP contribution in [-0.2, 0) is 0 Å². The summed E-state index contributed by atoms with van der Waals surface area (Å²) in [6.45, 7) is 9.28. The Balaban J connectivity index is 2.23. The Morgan fingerprint density at radius 3 is 3.00 bits per heavy atom. The molecule has 1 saturated heterocycles. The minimum atomic E-state index is 0.241. The van der Waals surface area contributed by atoms with Crippen LogP contribution in [0.3, 0.4) is 0 Å². The molecule has 0 atom stereocenters. The van der Waals surface area contributed by atoms with Crippen molar-refractivity contribution in [2.45, 2.75) is 25.5 Å². The third kappa shape index (κ3) is 3.20. The lowest BCUT2D eigenvalue weighted by atomic mass is 10.2. The summed E-state index contributed by atoms with van der Waals surface area (Å²) in [5.41, 5.74) is 0.